The highest BCUT2D eigenvalue weighted by Gasteiger charge is 2.09. The van der Waals surface area contributed by atoms with Crippen LogP contribution in [0.2, 0.25) is 0 Å². The van der Waals surface area contributed by atoms with Gasteiger partial charge in [-0.05, 0) is 25.8 Å². The number of nitrogens with one attached hydrogen (secondary N) is 2. The molecule has 0 aliphatic rings. The predicted molar refractivity (Wildman–Crippen MR) is 69.4 cm³/mol. The predicted octanol–water partition coefficient (Wildman–Crippen LogP) is 1.13. The first-order valence-corrected chi connectivity index (χ1v) is 6.04. The van der Waals surface area contributed by atoms with Crippen LogP contribution in [0.3, 0.4) is 0 Å². The summed E-state index contributed by atoms with van der Waals surface area (Å²) in [5, 5.41) is 26.9. The van der Waals surface area contributed by atoms with Crippen molar-refractivity contribution in [3.8, 4) is 6.07 Å². The molecule has 98 valence electrons. The van der Waals surface area contributed by atoms with Gasteiger partial charge in [0.2, 0.25) is 0 Å². The maximum absolute atomic E-state index is 9.15. The molecule has 2 aromatic rings. The van der Waals surface area contributed by atoms with Gasteiger partial charge in [-0.1, -0.05) is 0 Å². The number of aromatic nitrogens is 5. The van der Waals surface area contributed by atoms with Crippen LogP contribution in [0, 0.1) is 25.2 Å². The Morgan fingerprint density at radius 1 is 1.37 bits per heavy atom. The van der Waals surface area contributed by atoms with Crippen molar-refractivity contribution in [3.05, 3.63) is 29.0 Å². The summed E-state index contributed by atoms with van der Waals surface area (Å²) in [6, 6.07) is 2.17. The van der Waals surface area contributed by atoms with Crippen molar-refractivity contribution in [2.75, 3.05) is 11.9 Å². The molecule has 0 radical (unpaired) electrons. The fourth-order valence-electron chi connectivity index (χ4n) is 1.68. The van der Waals surface area contributed by atoms with Crippen LogP contribution >= 0.6 is 0 Å². The molecule has 0 saturated heterocycles. The van der Waals surface area contributed by atoms with Gasteiger partial charge in [-0.25, -0.2) is 4.98 Å². The molecule has 2 rings (SSSR count). The number of hydrogen-bond acceptors (Lipinski definition) is 6. The van der Waals surface area contributed by atoms with Crippen LogP contribution in [0.5, 0.6) is 0 Å². The summed E-state index contributed by atoms with van der Waals surface area (Å²) in [5.41, 5.74) is 2.21. The van der Waals surface area contributed by atoms with Crippen LogP contribution in [0.15, 0.2) is 6.33 Å². The number of nitriles is 1. The minimum absolute atomic E-state index is 0.545. The molecule has 2 N–H and O–H groups in total. The molecule has 0 fully saturated rings. The van der Waals surface area contributed by atoms with E-state index in [1.54, 1.807) is 0 Å². The zero-order valence-electron chi connectivity index (χ0n) is 10.9. The molecule has 0 aromatic carbocycles. The number of rotatable bonds is 5. The van der Waals surface area contributed by atoms with E-state index >= 15 is 0 Å². The van der Waals surface area contributed by atoms with Gasteiger partial charge in [0.25, 0.3) is 0 Å². The third-order valence-corrected chi connectivity index (χ3v) is 2.91. The number of anilines is 1. The van der Waals surface area contributed by atoms with Gasteiger partial charge in [-0.2, -0.15) is 15.5 Å². The van der Waals surface area contributed by atoms with E-state index < -0.39 is 0 Å². The quantitative estimate of drug-likeness (QED) is 0.778. The van der Waals surface area contributed by atoms with Gasteiger partial charge in [-0.3, -0.25) is 5.10 Å². The van der Waals surface area contributed by atoms with Crippen LogP contribution in [0.4, 0.5) is 5.82 Å². The lowest BCUT2D eigenvalue weighted by molar-refractivity contribution is 0.799. The van der Waals surface area contributed by atoms with Crippen molar-refractivity contribution in [1.82, 2.24) is 25.4 Å². The van der Waals surface area contributed by atoms with Gasteiger partial charge >= 0.3 is 0 Å². The molecule has 2 heterocycles. The highest BCUT2D eigenvalue weighted by Crippen LogP contribution is 2.16. The molecular weight excluding hydrogens is 242 g/mol. The molecule has 2 aromatic heterocycles. The maximum Gasteiger partial charge on any atom is 0.166 e. The van der Waals surface area contributed by atoms with Crippen LogP contribution in [0.25, 0.3) is 0 Å². The second-order valence-electron chi connectivity index (χ2n) is 4.21. The Labute approximate surface area is 111 Å². The second-order valence-corrected chi connectivity index (χ2v) is 4.21. The third-order valence-electron chi connectivity index (χ3n) is 2.91. The Bertz CT molecular complexity index is 583. The molecule has 0 aliphatic heterocycles. The lowest BCUT2D eigenvalue weighted by Gasteiger charge is -2.08. The summed E-state index contributed by atoms with van der Waals surface area (Å²) in [6.45, 7) is 4.42. The average molecular weight is 257 g/mol. The average Bonchev–Trinajstić information content (AvgIpc) is 2.92. The van der Waals surface area contributed by atoms with Crippen molar-refractivity contribution in [2.24, 2.45) is 0 Å². The zero-order chi connectivity index (χ0) is 13.7. The van der Waals surface area contributed by atoms with Gasteiger partial charge in [-0.15, -0.1) is 5.10 Å². The van der Waals surface area contributed by atoms with Crippen molar-refractivity contribution >= 4 is 5.82 Å². The molecule has 7 nitrogen and oxygen atoms in total. The largest absolute Gasteiger partial charge is 0.367 e. The Hall–Kier alpha value is -2.49. The normalized spacial score (nSPS) is 10.2. The van der Waals surface area contributed by atoms with Crippen LogP contribution in [-0.2, 0) is 6.42 Å². The van der Waals surface area contributed by atoms with Gasteiger partial charge in [0.15, 0.2) is 5.82 Å². The number of nitrogens with zero attached hydrogens (tertiary/aromatic N) is 5. The summed E-state index contributed by atoms with van der Waals surface area (Å²) >= 11 is 0. The van der Waals surface area contributed by atoms with Crippen LogP contribution in [-0.4, -0.2) is 31.9 Å². The Kier molecular flexibility index (Phi) is 4.03. The number of H-pyrrole nitrogens is 1. The van der Waals surface area contributed by atoms with Gasteiger partial charge in [0.05, 0.1) is 5.69 Å². The van der Waals surface area contributed by atoms with Crippen LogP contribution in [0.1, 0.15) is 29.1 Å². The lowest BCUT2D eigenvalue weighted by Crippen LogP contribution is -2.09. The third kappa shape index (κ3) is 3.04. The fourth-order valence-corrected chi connectivity index (χ4v) is 1.68. The molecule has 0 atom stereocenters. The van der Waals surface area contributed by atoms with Gasteiger partial charge < -0.3 is 5.32 Å². The topological polar surface area (TPSA) is 103 Å². The summed E-state index contributed by atoms with van der Waals surface area (Å²) in [7, 11) is 0. The van der Waals surface area contributed by atoms with E-state index in [2.05, 4.69) is 36.8 Å². The minimum atomic E-state index is 0.545. The first-order chi connectivity index (χ1) is 9.22. The number of aromatic amines is 1. The Morgan fingerprint density at radius 3 is 2.89 bits per heavy atom. The molecule has 7 heteroatoms. The SMILES string of the molecule is Cc1nnc(NCCCc2ncn[nH]2)c(C#N)c1C. The van der Waals surface area contributed by atoms with Gasteiger partial charge in [0.1, 0.15) is 23.8 Å². The molecule has 19 heavy (non-hydrogen) atoms. The molecule has 0 amide bonds. The highest BCUT2D eigenvalue weighted by atomic mass is 15.2. The van der Waals surface area contributed by atoms with E-state index in [4.69, 9.17) is 5.26 Å². The van der Waals surface area contributed by atoms with E-state index in [9.17, 15) is 0 Å². The van der Waals surface area contributed by atoms with Crippen molar-refractivity contribution < 1.29 is 0 Å². The fraction of sp³-hybridized carbons (Fsp3) is 0.417. The lowest BCUT2D eigenvalue weighted by atomic mass is 10.1. The summed E-state index contributed by atoms with van der Waals surface area (Å²) in [6.07, 6.45) is 3.16. The number of aryl methyl sites for hydroxylation is 2. The van der Waals surface area contributed by atoms with E-state index in [1.165, 1.54) is 6.33 Å². The summed E-state index contributed by atoms with van der Waals surface area (Å²) < 4.78 is 0. The summed E-state index contributed by atoms with van der Waals surface area (Å²) in [5.74, 6) is 1.40. The maximum atomic E-state index is 9.15. The number of hydrogen-bond donors (Lipinski definition) is 2. The minimum Gasteiger partial charge on any atom is -0.367 e. The standard InChI is InChI=1S/C12H15N7/c1-8-9(2)17-19-12(10(8)6-13)14-5-3-4-11-15-7-16-18-11/h7H,3-5H2,1-2H3,(H,14,19)(H,15,16,18). The van der Waals surface area contributed by atoms with Gasteiger partial charge in [0, 0.05) is 13.0 Å². The second kappa shape index (κ2) is 5.91. The molecular formula is C12H15N7. The smallest absolute Gasteiger partial charge is 0.166 e. The Balaban J connectivity index is 1.93. The molecule has 0 spiro atoms. The summed E-state index contributed by atoms with van der Waals surface area (Å²) in [4.78, 5) is 4.05. The monoisotopic (exact) mass is 257 g/mol. The molecule has 0 unspecified atom stereocenters. The van der Waals surface area contributed by atoms with E-state index in [0.29, 0.717) is 17.9 Å². The van der Waals surface area contributed by atoms with E-state index in [0.717, 1.165) is 29.9 Å². The van der Waals surface area contributed by atoms with E-state index in [1.807, 2.05) is 13.8 Å². The van der Waals surface area contributed by atoms with Crippen molar-refractivity contribution in [2.45, 2.75) is 26.7 Å². The molecule has 0 aliphatic carbocycles. The highest BCUT2D eigenvalue weighted by molar-refractivity contribution is 5.55. The molecule has 0 bridgehead atoms. The molecule has 0 saturated carbocycles. The Morgan fingerprint density at radius 2 is 2.21 bits per heavy atom. The van der Waals surface area contributed by atoms with Crippen LogP contribution < -0.4 is 5.32 Å². The van der Waals surface area contributed by atoms with E-state index in [-0.39, 0.29) is 0 Å². The first kappa shape index (κ1) is 13.0. The zero-order valence-corrected chi connectivity index (χ0v) is 10.9. The van der Waals surface area contributed by atoms with Crippen molar-refractivity contribution in [3.63, 3.8) is 0 Å². The first-order valence-electron chi connectivity index (χ1n) is 6.04. The van der Waals surface area contributed by atoms with Crippen molar-refractivity contribution in [1.29, 1.82) is 5.26 Å².